The fourth-order valence-corrected chi connectivity index (χ4v) is 3.68. The van der Waals surface area contributed by atoms with Crippen molar-refractivity contribution in [3.05, 3.63) is 65.9 Å². The van der Waals surface area contributed by atoms with Crippen LogP contribution in [0.15, 0.2) is 54.6 Å². The molecule has 2 nitrogen and oxygen atoms in total. The number of ether oxygens (including phenoxy) is 1. The van der Waals surface area contributed by atoms with Crippen molar-refractivity contribution in [1.82, 2.24) is 4.98 Å². The molecule has 0 saturated heterocycles. The van der Waals surface area contributed by atoms with Gasteiger partial charge in [0.15, 0.2) is 0 Å². The van der Waals surface area contributed by atoms with E-state index >= 15 is 0 Å². The molecule has 3 aromatic rings. The highest BCUT2D eigenvalue weighted by Gasteiger charge is 2.30. The Labute approximate surface area is 167 Å². The Hall–Kier alpha value is -2.42. The molecule has 2 aromatic carbocycles. The van der Waals surface area contributed by atoms with Crippen molar-refractivity contribution < 1.29 is 9.13 Å². The van der Waals surface area contributed by atoms with Crippen molar-refractivity contribution in [3.8, 4) is 11.6 Å². The maximum Gasteiger partial charge on any atom is 0.219 e. The number of pyridine rings is 1. The number of aryl methyl sites for hydroxylation is 1. The number of hydrogen-bond acceptors (Lipinski definition) is 2. The number of nitrogens with zero attached hydrogens (tertiary/aromatic N) is 1. The molecule has 148 valence electrons. The first-order chi connectivity index (χ1) is 13.7. The van der Waals surface area contributed by atoms with E-state index < -0.39 is 12.1 Å². The molecule has 0 atom stereocenters. The maximum atomic E-state index is 13.8. The summed E-state index contributed by atoms with van der Waals surface area (Å²) in [7, 11) is 0. The number of aromatic nitrogens is 1. The first kappa shape index (κ1) is 20.3. The van der Waals surface area contributed by atoms with Crippen molar-refractivity contribution in [3.63, 3.8) is 0 Å². The van der Waals surface area contributed by atoms with Crippen LogP contribution in [-0.4, -0.2) is 11.7 Å². The predicted molar refractivity (Wildman–Crippen MR) is 115 cm³/mol. The third kappa shape index (κ3) is 4.19. The van der Waals surface area contributed by atoms with Gasteiger partial charge in [0.25, 0.3) is 0 Å². The van der Waals surface area contributed by atoms with Crippen LogP contribution in [0.3, 0.4) is 0 Å². The second-order valence-corrected chi connectivity index (χ2v) is 7.50. The maximum absolute atomic E-state index is 13.8. The smallest absolute Gasteiger partial charge is 0.219 e. The summed E-state index contributed by atoms with van der Waals surface area (Å²) in [6.45, 7) is 5.83. The number of fused-ring (bicyclic) bond motifs is 1. The minimum atomic E-state index is -0.535. The molecule has 0 radical (unpaired) electrons. The average molecular weight is 380 g/mol. The molecule has 1 aromatic heterocycles. The molecular formula is C25H30FNO. The highest BCUT2D eigenvalue weighted by molar-refractivity contribution is 5.89. The van der Waals surface area contributed by atoms with Crippen LogP contribution < -0.4 is 4.74 Å². The fourth-order valence-electron chi connectivity index (χ4n) is 3.68. The van der Waals surface area contributed by atoms with Crippen molar-refractivity contribution in [2.75, 3.05) is 6.67 Å². The minimum Gasteiger partial charge on any atom is -0.438 e. The van der Waals surface area contributed by atoms with Gasteiger partial charge >= 0.3 is 0 Å². The summed E-state index contributed by atoms with van der Waals surface area (Å²) in [4.78, 5) is 4.66. The largest absolute Gasteiger partial charge is 0.438 e. The molecule has 0 aliphatic rings. The van der Waals surface area contributed by atoms with E-state index in [0.717, 1.165) is 23.3 Å². The van der Waals surface area contributed by atoms with E-state index in [4.69, 9.17) is 4.74 Å². The van der Waals surface area contributed by atoms with E-state index in [0.29, 0.717) is 18.7 Å². The number of benzene rings is 2. The van der Waals surface area contributed by atoms with Crippen LogP contribution in [0.2, 0.25) is 0 Å². The van der Waals surface area contributed by atoms with Gasteiger partial charge in [-0.3, -0.25) is 4.39 Å². The Morgan fingerprint density at radius 1 is 0.964 bits per heavy atom. The van der Waals surface area contributed by atoms with E-state index in [-0.39, 0.29) is 0 Å². The molecular weight excluding hydrogens is 349 g/mol. The summed E-state index contributed by atoms with van der Waals surface area (Å²) in [5.41, 5.74) is 1.58. The Morgan fingerprint density at radius 2 is 1.75 bits per heavy atom. The van der Waals surface area contributed by atoms with Gasteiger partial charge in [-0.05, 0) is 48.8 Å². The van der Waals surface area contributed by atoms with Gasteiger partial charge in [0.05, 0.1) is 5.69 Å². The first-order valence-electron chi connectivity index (χ1n) is 10.4. The Balaban J connectivity index is 1.91. The summed E-state index contributed by atoms with van der Waals surface area (Å²) in [5.74, 6) is 1.29. The molecule has 0 amide bonds. The molecule has 0 N–H and O–H groups in total. The van der Waals surface area contributed by atoms with Gasteiger partial charge in [-0.25, -0.2) is 4.98 Å². The number of hydrogen-bond donors (Lipinski definition) is 0. The Bertz CT molecular complexity index is 909. The van der Waals surface area contributed by atoms with Crippen LogP contribution >= 0.6 is 0 Å². The van der Waals surface area contributed by atoms with Gasteiger partial charge < -0.3 is 4.74 Å². The highest BCUT2D eigenvalue weighted by atomic mass is 19.1. The quantitative estimate of drug-likeness (QED) is 0.386. The molecule has 0 unspecified atom stereocenters. The fraction of sp³-hybridized carbons (Fsp3) is 0.400. The van der Waals surface area contributed by atoms with Gasteiger partial charge in [0, 0.05) is 16.9 Å². The number of rotatable bonds is 9. The summed E-state index contributed by atoms with van der Waals surface area (Å²) in [6.07, 6.45) is 4.92. The SMILES string of the molecule is CCCCc1ccc2c(Oc3cccc(C(CC)(CC)CF)n3)cccc2c1. The lowest BCUT2D eigenvalue weighted by molar-refractivity contribution is 0.277. The third-order valence-electron chi connectivity index (χ3n) is 5.81. The van der Waals surface area contributed by atoms with Gasteiger partial charge in [0.1, 0.15) is 12.4 Å². The summed E-state index contributed by atoms with van der Waals surface area (Å²) < 4.78 is 20.0. The molecule has 0 fully saturated rings. The zero-order valence-electron chi connectivity index (χ0n) is 17.2. The van der Waals surface area contributed by atoms with Crippen molar-refractivity contribution in [2.45, 2.75) is 58.3 Å². The normalized spacial score (nSPS) is 11.7. The summed E-state index contributed by atoms with van der Waals surface area (Å²) in [6, 6.07) is 18.3. The van der Waals surface area contributed by atoms with Gasteiger partial charge in [-0.15, -0.1) is 0 Å². The van der Waals surface area contributed by atoms with Crippen molar-refractivity contribution in [2.24, 2.45) is 0 Å². The zero-order valence-corrected chi connectivity index (χ0v) is 17.2. The van der Waals surface area contributed by atoms with E-state index in [1.54, 1.807) is 0 Å². The Morgan fingerprint density at radius 3 is 2.46 bits per heavy atom. The molecule has 0 aliphatic heterocycles. The number of halogens is 1. The van der Waals surface area contributed by atoms with E-state index in [1.165, 1.54) is 23.8 Å². The number of unbranched alkanes of at least 4 members (excludes halogenated alkanes) is 1. The highest BCUT2D eigenvalue weighted by Crippen LogP contribution is 2.34. The van der Waals surface area contributed by atoms with E-state index in [1.807, 2.05) is 44.2 Å². The summed E-state index contributed by atoms with van der Waals surface area (Å²) >= 11 is 0. The molecule has 1 heterocycles. The van der Waals surface area contributed by atoms with Crippen LogP contribution in [0, 0.1) is 0 Å². The summed E-state index contributed by atoms with van der Waals surface area (Å²) in [5, 5.41) is 2.24. The Kier molecular flexibility index (Phi) is 6.66. The molecule has 0 saturated carbocycles. The van der Waals surface area contributed by atoms with Crippen LogP contribution in [0.25, 0.3) is 10.8 Å². The van der Waals surface area contributed by atoms with Crippen molar-refractivity contribution in [1.29, 1.82) is 0 Å². The molecule has 28 heavy (non-hydrogen) atoms. The molecule has 0 aliphatic carbocycles. The zero-order chi connectivity index (χ0) is 20.0. The minimum absolute atomic E-state index is 0.411. The third-order valence-corrected chi connectivity index (χ3v) is 5.81. The topological polar surface area (TPSA) is 22.1 Å². The van der Waals surface area contributed by atoms with E-state index in [2.05, 4.69) is 36.2 Å². The second-order valence-electron chi connectivity index (χ2n) is 7.50. The molecule has 3 rings (SSSR count). The lowest BCUT2D eigenvalue weighted by Gasteiger charge is -2.27. The van der Waals surface area contributed by atoms with E-state index in [9.17, 15) is 4.39 Å². The first-order valence-corrected chi connectivity index (χ1v) is 10.4. The molecule has 0 spiro atoms. The average Bonchev–Trinajstić information content (AvgIpc) is 2.74. The second kappa shape index (κ2) is 9.18. The lowest BCUT2D eigenvalue weighted by atomic mass is 9.80. The van der Waals surface area contributed by atoms with Crippen LogP contribution in [0.4, 0.5) is 4.39 Å². The lowest BCUT2D eigenvalue weighted by Crippen LogP contribution is -2.28. The molecule has 3 heteroatoms. The molecule has 0 bridgehead atoms. The van der Waals surface area contributed by atoms with Gasteiger partial charge in [0.2, 0.25) is 5.88 Å². The van der Waals surface area contributed by atoms with Gasteiger partial charge in [-0.1, -0.05) is 63.6 Å². The van der Waals surface area contributed by atoms with Crippen LogP contribution in [0.1, 0.15) is 57.7 Å². The van der Waals surface area contributed by atoms with Crippen LogP contribution in [-0.2, 0) is 11.8 Å². The standard InChI is InChI=1S/C25H30FNO/c1-4-7-10-19-15-16-21-20(17-19)11-8-12-22(21)28-24-14-9-13-23(27-24)25(5-2,6-3)18-26/h8-9,11-17H,4-7,10,18H2,1-3H3. The van der Waals surface area contributed by atoms with Gasteiger partial charge in [-0.2, -0.15) is 0 Å². The predicted octanol–water partition coefficient (Wildman–Crippen LogP) is 7.40. The van der Waals surface area contributed by atoms with Crippen LogP contribution in [0.5, 0.6) is 11.6 Å². The monoisotopic (exact) mass is 379 g/mol. The number of alkyl halides is 1. The van der Waals surface area contributed by atoms with Crippen molar-refractivity contribution >= 4 is 10.8 Å².